The molecule has 1 unspecified atom stereocenters. The lowest BCUT2D eigenvalue weighted by Gasteiger charge is -2.47. The van der Waals surface area contributed by atoms with Crippen LogP contribution in [0.3, 0.4) is 0 Å². The first kappa shape index (κ1) is 41.2. The maximum Gasteiger partial charge on any atom is 0.187 e. The van der Waals surface area contributed by atoms with Crippen molar-refractivity contribution in [1.82, 2.24) is 0 Å². The van der Waals surface area contributed by atoms with Gasteiger partial charge < -0.3 is 118 Å². The third-order valence-electron chi connectivity index (χ3n) is 10.8. The van der Waals surface area contributed by atoms with Gasteiger partial charge in [-0.15, -0.1) is 0 Å². The zero-order valence-electron chi connectivity index (χ0n) is 28.3. The molecule has 0 amide bonds. The van der Waals surface area contributed by atoms with Crippen LogP contribution in [0, 0.1) is 0 Å². The van der Waals surface area contributed by atoms with E-state index < -0.39 is 173 Å². The van der Waals surface area contributed by atoms with Gasteiger partial charge in [0.15, 0.2) is 31.5 Å². The molecule has 7 rings (SSSR count). The summed E-state index contributed by atoms with van der Waals surface area (Å²) in [6, 6.07) is 0. The van der Waals surface area contributed by atoms with Gasteiger partial charge >= 0.3 is 0 Å². The van der Waals surface area contributed by atoms with Crippen molar-refractivity contribution in [3.05, 3.63) is 0 Å². The van der Waals surface area contributed by atoms with E-state index in [1.54, 1.807) is 0 Å². The number of aliphatic hydroxyl groups is 13. The molecular weight excluding hydrogens is 744 g/mol. The Kier molecular flexibility index (Phi) is 12.8. The second-order valence-electron chi connectivity index (χ2n) is 14.2. The minimum atomic E-state index is -1.84. The fraction of sp³-hybridized carbons (Fsp3) is 1.00. The van der Waals surface area contributed by atoms with Crippen LogP contribution >= 0.6 is 0 Å². The average Bonchev–Trinajstić information content (AvgIpc) is 3.64. The summed E-state index contributed by atoms with van der Waals surface area (Å²) >= 11 is 0. The first-order valence-corrected chi connectivity index (χ1v) is 17.5. The molecule has 7 saturated heterocycles. The van der Waals surface area contributed by atoms with Crippen molar-refractivity contribution in [3.8, 4) is 0 Å². The zero-order valence-corrected chi connectivity index (χ0v) is 28.3. The Balaban J connectivity index is 0.990. The highest BCUT2D eigenvalue weighted by atomic mass is 16.8. The molecule has 0 spiro atoms. The molecule has 312 valence electrons. The molecule has 0 aliphatic carbocycles. The van der Waals surface area contributed by atoms with Crippen molar-refractivity contribution in [2.75, 3.05) is 33.0 Å². The third-order valence-corrected chi connectivity index (χ3v) is 10.8. The number of hydrogen-bond acceptors (Lipinski definition) is 24. The van der Waals surface area contributed by atoms with Crippen molar-refractivity contribution in [1.29, 1.82) is 0 Å². The summed E-state index contributed by atoms with van der Waals surface area (Å²) in [5, 5.41) is 135. The SMILES string of the molecule is OC[C@H]1O[C@@H](O[C@H]2[C@H]3OC[C@@H]2O[C@@H](O[C@H]2[C@@H](O)[C@@H](CO)O[C@@H](O[C@H]4[C@H]5OC[C@@H]4O[C@@H](O[C@@H]4C(O)[C@H](O)O[C@H](CO)[C@@H]4O)[C@H]5O)[C@@H]2O)[C@H]3O)[C@H](O)[C@@H](O)[C@H]1O. The van der Waals surface area contributed by atoms with Crippen LogP contribution in [0.5, 0.6) is 0 Å². The largest absolute Gasteiger partial charge is 0.394 e. The Morgan fingerprint density at radius 1 is 0.370 bits per heavy atom. The molecule has 4 bridgehead atoms. The van der Waals surface area contributed by atoms with E-state index in [0.29, 0.717) is 0 Å². The van der Waals surface area contributed by atoms with Crippen molar-refractivity contribution in [2.45, 2.75) is 154 Å². The maximum atomic E-state index is 11.4. The van der Waals surface area contributed by atoms with Crippen LogP contribution in [-0.2, 0) is 52.1 Å². The molecule has 25 atom stereocenters. The van der Waals surface area contributed by atoms with Gasteiger partial charge in [-0.25, -0.2) is 0 Å². The molecule has 0 radical (unpaired) electrons. The van der Waals surface area contributed by atoms with Crippen LogP contribution in [0.15, 0.2) is 0 Å². The van der Waals surface area contributed by atoms with Crippen LogP contribution in [0.1, 0.15) is 0 Å². The molecule has 0 aromatic heterocycles. The van der Waals surface area contributed by atoms with E-state index >= 15 is 0 Å². The topological polar surface area (TPSA) is 365 Å². The van der Waals surface area contributed by atoms with E-state index in [0.717, 1.165) is 0 Å². The quantitative estimate of drug-likeness (QED) is 0.0923. The summed E-state index contributed by atoms with van der Waals surface area (Å²) in [5.74, 6) is 0. The number of fused-ring (bicyclic) bond motifs is 4. The van der Waals surface area contributed by atoms with Crippen LogP contribution in [0.25, 0.3) is 0 Å². The predicted molar refractivity (Wildman–Crippen MR) is 160 cm³/mol. The van der Waals surface area contributed by atoms with Crippen molar-refractivity contribution in [2.24, 2.45) is 0 Å². The first-order valence-electron chi connectivity index (χ1n) is 17.5. The van der Waals surface area contributed by atoms with Gasteiger partial charge in [0.25, 0.3) is 0 Å². The average molecular weight is 793 g/mol. The molecule has 24 nitrogen and oxygen atoms in total. The molecule has 0 aromatic carbocycles. The summed E-state index contributed by atoms with van der Waals surface area (Å²) in [7, 11) is 0. The van der Waals surface area contributed by atoms with Crippen LogP contribution in [0.4, 0.5) is 0 Å². The third kappa shape index (κ3) is 7.44. The summed E-state index contributed by atoms with van der Waals surface area (Å²) in [6.45, 7) is -2.53. The van der Waals surface area contributed by atoms with Gasteiger partial charge in [0, 0.05) is 0 Å². The smallest absolute Gasteiger partial charge is 0.187 e. The van der Waals surface area contributed by atoms with E-state index in [1.807, 2.05) is 0 Å². The zero-order chi connectivity index (χ0) is 38.7. The number of aliphatic hydroxyl groups excluding tert-OH is 13. The second kappa shape index (κ2) is 16.7. The lowest BCUT2D eigenvalue weighted by molar-refractivity contribution is -0.377. The van der Waals surface area contributed by atoms with Gasteiger partial charge in [0.2, 0.25) is 0 Å². The van der Waals surface area contributed by atoms with Gasteiger partial charge in [-0.2, -0.15) is 0 Å². The summed E-state index contributed by atoms with van der Waals surface area (Å²) in [6.07, 6.45) is -37.5. The lowest BCUT2D eigenvalue weighted by Crippen LogP contribution is -2.66. The highest BCUT2D eigenvalue weighted by Gasteiger charge is 2.59. The van der Waals surface area contributed by atoms with Gasteiger partial charge in [0.05, 0.1) is 33.0 Å². The second-order valence-corrected chi connectivity index (χ2v) is 14.2. The number of rotatable bonds is 11. The van der Waals surface area contributed by atoms with Crippen LogP contribution in [0.2, 0.25) is 0 Å². The maximum absolute atomic E-state index is 11.4. The summed E-state index contributed by atoms with van der Waals surface area (Å²) in [5.41, 5.74) is 0. The van der Waals surface area contributed by atoms with Crippen molar-refractivity contribution in [3.63, 3.8) is 0 Å². The molecule has 24 heteroatoms. The molecule has 7 aliphatic heterocycles. The molecule has 7 fully saturated rings. The molecule has 7 aliphatic rings. The first-order chi connectivity index (χ1) is 25.8. The fourth-order valence-corrected chi connectivity index (χ4v) is 7.76. The monoisotopic (exact) mass is 792 g/mol. The van der Waals surface area contributed by atoms with E-state index in [-0.39, 0.29) is 13.2 Å². The van der Waals surface area contributed by atoms with Crippen LogP contribution in [-0.4, -0.2) is 253 Å². The molecule has 54 heavy (non-hydrogen) atoms. The van der Waals surface area contributed by atoms with E-state index in [1.165, 1.54) is 0 Å². The normalized spacial score (nSPS) is 56.3. The molecule has 0 aromatic rings. The molecular formula is C30H48O24. The Labute approximate surface area is 305 Å². The highest BCUT2D eigenvalue weighted by Crippen LogP contribution is 2.39. The van der Waals surface area contributed by atoms with Crippen molar-refractivity contribution < 1.29 is 118 Å². The molecule has 0 saturated carbocycles. The Morgan fingerprint density at radius 3 is 1.24 bits per heavy atom. The van der Waals surface area contributed by atoms with Gasteiger partial charge in [-0.3, -0.25) is 0 Å². The van der Waals surface area contributed by atoms with Gasteiger partial charge in [0.1, 0.15) is 122 Å². The predicted octanol–water partition coefficient (Wildman–Crippen LogP) is -9.83. The summed E-state index contributed by atoms with van der Waals surface area (Å²) in [4.78, 5) is 0. The molecule has 7 heterocycles. The fourth-order valence-electron chi connectivity index (χ4n) is 7.76. The minimum absolute atomic E-state index is 0.153. The lowest BCUT2D eigenvalue weighted by atomic mass is 9.96. The van der Waals surface area contributed by atoms with E-state index in [9.17, 15) is 66.4 Å². The van der Waals surface area contributed by atoms with Crippen molar-refractivity contribution >= 4 is 0 Å². The van der Waals surface area contributed by atoms with Gasteiger partial charge in [-0.05, 0) is 0 Å². The number of ether oxygens (including phenoxy) is 11. The Morgan fingerprint density at radius 2 is 0.759 bits per heavy atom. The Hall–Kier alpha value is -0.960. The molecule has 13 N–H and O–H groups in total. The summed E-state index contributed by atoms with van der Waals surface area (Å²) < 4.78 is 62.2. The van der Waals surface area contributed by atoms with Crippen LogP contribution < -0.4 is 0 Å². The Bertz CT molecular complexity index is 1240. The minimum Gasteiger partial charge on any atom is -0.394 e. The standard InChI is InChI=1S/C30H48O24/c31-1-6-11(34)14(37)15(38)27(47-6)51-20-9-4-44-24(20)19(42)30(50-9)54-23-13(36)8(3-33)48-28(17(23)40)52-21-10-5-45-25(21)18(41)29(49-10)53-22-12(35)7(2-32)46-26(43)16(22)39/h6-43H,1-5H2/t6-,7-,8-,9+,10+,11+,12+,13+,14+,15-,16?,17-,18+,19+,20-,21-,22+,23+,24+,25+,26-,27+,28+,29+,30+/m1/s1. The van der Waals surface area contributed by atoms with E-state index in [2.05, 4.69) is 0 Å². The number of hydrogen-bond donors (Lipinski definition) is 13. The van der Waals surface area contributed by atoms with E-state index in [4.69, 9.17) is 52.1 Å². The highest BCUT2D eigenvalue weighted by molar-refractivity contribution is 5.02. The van der Waals surface area contributed by atoms with Gasteiger partial charge in [-0.1, -0.05) is 0 Å².